The minimum atomic E-state index is -1.19. The number of rotatable bonds is 2. The van der Waals surface area contributed by atoms with Gasteiger partial charge in [0.2, 0.25) is 0 Å². The van der Waals surface area contributed by atoms with E-state index in [0.717, 1.165) is 16.6 Å². The second-order valence-electron chi connectivity index (χ2n) is 5.61. The van der Waals surface area contributed by atoms with Crippen LogP contribution in [0.15, 0.2) is 12.1 Å². The molecule has 0 aliphatic heterocycles. The van der Waals surface area contributed by atoms with Gasteiger partial charge >= 0.3 is 0 Å². The molecule has 0 aliphatic carbocycles. The molecule has 0 atom stereocenters. The minimum Gasteiger partial charge on any atom is -0.375 e. The quantitative estimate of drug-likeness (QED) is 0.850. The summed E-state index contributed by atoms with van der Waals surface area (Å²) in [6.45, 7) is 5.89. The van der Waals surface area contributed by atoms with Gasteiger partial charge in [-0.15, -0.1) is 11.3 Å². The lowest BCUT2D eigenvalue weighted by Crippen LogP contribution is -2.14. The summed E-state index contributed by atoms with van der Waals surface area (Å²) in [5.41, 5.74) is 6.30. The molecular weight excluding hydrogens is 285 g/mol. The molecule has 108 valence electrons. The normalized spacial score (nSPS) is 11.9. The van der Waals surface area contributed by atoms with Crippen LogP contribution in [-0.4, -0.2) is 4.98 Å². The maximum atomic E-state index is 13.7. The molecule has 0 aliphatic rings. The number of hydrogen-bond acceptors (Lipinski definition) is 3. The average Bonchev–Trinajstić information content (AvgIpc) is 2.67. The van der Waals surface area contributed by atoms with Crippen LogP contribution in [0.5, 0.6) is 0 Å². The van der Waals surface area contributed by atoms with E-state index >= 15 is 0 Å². The predicted molar refractivity (Wildman–Crippen MR) is 74.3 cm³/mol. The van der Waals surface area contributed by atoms with Gasteiger partial charge in [0.25, 0.3) is 0 Å². The Bertz CT molecular complexity index is 645. The molecule has 1 heterocycles. The van der Waals surface area contributed by atoms with Crippen molar-refractivity contribution in [2.45, 2.75) is 32.6 Å². The number of halogens is 3. The van der Waals surface area contributed by atoms with Crippen molar-refractivity contribution in [1.29, 1.82) is 0 Å². The van der Waals surface area contributed by atoms with Crippen LogP contribution in [0.3, 0.4) is 0 Å². The van der Waals surface area contributed by atoms with Crippen LogP contribution in [0.4, 0.5) is 18.3 Å². The molecule has 6 heteroatoms. The monoisotopic (exact) mass is 300 g/mol. The van der Waals surface area contributed by atoms with Crippen LogP contribution in [0.2, 0.25) is 0 Å². The molecule has 20 heavy (non-hydrogen) atoms. The largest absolute Gasteiger partial charge is 0.375 e. The summed E-state index contributed by atoms with van der Waals surface area (Å²) < 4.78 is 39.8. The molecule has 2 nitrogen and oxygen atoms in total. The standard InChI is InChI=1S/C14H15F3N2S/c1-14(2,3)12-11(20-13(18)19-12)5-7-4-9(16)10(17)6-8(7)15/h4,6H,5H2,1-3H3,(H2,18,19). The number of nitrogen functional groups attached to an aromatic ring is 1. The molecule has 0 amide bonds. The number of anilines is 1. The van der Waals surface area contributed by atoms with Crippen molar-refractivity contribution in [2.24, 2.45) is 0 Å². The highest BCUT2D eigenvalue weighted by molar-refractivity contribution is 7.15. The third kappa shape index (κ3) is 2.95. The van der Waals surface area contributed by atoms with Gasteiger partial charge in [0.1, 0.15) is 5.82 Å². The van der Waals surface area contributed by atoms with Crippen LogP contribution in [-0.2, 0) is 11.8 Å². The molecule has 1 aromatic carbocycles. The summed E-state index contributed by atoms with van der Waals surface area (Å²) in [5, 5.41) is 0.382. The van der Waals surface area contributed by atoms with Crippen molar-refractivity contribution in [2.75, 3.05) is 5.73 Å². The SMILES string of the molecule is CC(C)(C)c1nc(N)sc1Cc1cc(F)c(F)cc1F. The lowest BCUT2D eigenvalue weighted by Gasteiger charge is -2.17. The first-order valence-corrected chi connectivity index (χ1v) is 6.89. The first kappa shape index (κ1) is 14.8. The molecule has 0 saturated carbocycles. The minimum absolute atomic E-state index is 0.0954. The summed E-state index contributed by atoms with van der Waals surface area (Å²) in [7, 11) is 0. The van der Waals surface area contributed by atoms with Crippen LogP contribution < -0.4 is 5.73 Å². The first-order chi connectivity index (χ1) is 9.18. The van der Waals surface area contributed by atoms with Gasteiger partial charge in [0.15, 0.2) is 16.8 Å². The third-order valence-corrected chi connectivity index (χ3v) is 3.75. The zero-order valence-corrected chi connectivity index (χ0v) is 12.2. The van der Waals surface area contributed by atoms with Crippen molar-refractivity contribution in [3.05, 3.63) is 45.7 Å². The fourth-order valence-electron chi connectivity index (χ4n) is 1.95. The van der Waals surface area contributed by atoms with Crippen molar-refractivity contribution in [1.82, 2.24) is 4.98 Å². The molecule has 0 unspecified atom stereocenters. The topological polar surface area (TPSA) is 38.9 Å². The lowest BCUT2D eigenvalue weighted by molar-refractivity contribution is 0.490. The van der Waals surface area contributed by atoms with Gasteiger partial charge in [0.05, 0.1) is 5.69 Å². The number of hydrogen-bond donors (Lipinski definition) is 1. The van der Waals surface area contributed by atoms with Crippen LogP contribution >= 0.6 is 11.3 Å². The van der Waals surface area contributed by atoms with Crippen molar-refractivity contribution in [3.8, 4) is 0 Å². The predicted octanol–water partition coefficient (Wildman–Crippen LogP) is 4.03. The summed E-state index contributed by atoms with van der Waals surface area (Å²) in [4.78, 5) is 5.02. The lowest BCUT2D eigenvalue weighted by atomic mass is 9.90. The van der Waals surface area contributed by atoms with Gasteiger partial charge in [-0.1, -0.05) is 20.8 Å². The van der Waals surface area contributed by atoms with Crippen molar-refractivity contribution >= 4 is 16.5 Å². The molecule has 2 N–H and O–H groups in total. The Morgan fingerprint density at radius 2 is 1.70 bits per heavy atom. The second kappa shape index (κ2) is 5.09. The van der Waals surface area contributed by atoms with E-state index in [-0.39, 0.29) is 17.4 Å². The number of nitrogens with zero attached hydrogens (tertiary/aromatic N) is 1. The van der Waals surface area contributed by atoms with E-state index in [1.165, 1.54) is 11.3 Å². The third-order valence-electron chi connectivity index (χ3n) is 2.86. The average molecular weight is 300 g/mol. The van der Waals surface area contributed by atoms with Gasteiger partial charge in [0, 0.05) is 22.8 Å². The van der Waals surface area contributed by atoms with Crippen molar-refractivity contribution < 1.29 is 13.2 Å². The van der Waals surface area contributed by atoms with Crippen LogP contribution in [0.25, 0.3) is 0 Å². The molecular formula is C14H15F3N2S. The van der Waals surface area contributed by atoms with E-state index in [2.05, 4.69) is 4.98 Å². The number of thiazole rings is 1. The zero-order valence-electron chi connectivity index (χ0n) is 11.4. The van der Waals surface area contributed by atoms with Crippen LogP contribution in [0, 0.1) is 17.5 Å². The highest BCUT2D eigenvalue weighted by Crippen LogP contribution is 2.33. The summed E-state index contributed by atoms with van der Waals surface area (Å²) in [6.07, 6.45) is 0.143. The first-order valence-electron chi connectivity index (χ1n) is 6.07. The molecule has 0 bridgehead atoms. The molecule has 2 rings (SSSR count). The van der Waals surface area contributed by atoms with Crippen LogP contribution in [0.1, 0.15) is 36.9 Å². The number of benzene rings is 1. The molecule has 0 saturated heterocycles. The van der Waals surface area contributed by atoms with Gasteiger partial charge < -0.3 is 5.73 Å². The Hall–Kier alpha value is -1.56. The Morgan fingerprint density at radius 3 is 2.30 bits per heavy atom. The Labute approximate surface area is 119 Å². The fourth-order valence-corrected chi connectivity index (χ4v) is 3.01. The Kier molecular flexibility index (Phi) is 3.77. The fraction of sp³-hybridized carbons (Fsp3) is 0.357. The van der Waals surface area contributed by atoms with Gasteiger partial charge in [-0.25, -0.2) is 18.2 Å². The Balaban J connectivity index is 2.43. The van der Waals surface area contributed by atoms with E-state index in [1.54, 1.807) is 0 Å². The van der Waals surface area contributed by atoms with E-state index in [4.69, 9.17) is 5.73 Å². The van der Waals surface area contributed by atoms with Gasteiger partial charge in [-0.2, -0.15) is 0 Å². The van der Waals surface area contributed by atoms with Crippen molar-refractivity contribution in [3.63, 3.8) is 0 Å². The number of nitrogens with two attached hydrogens (primary N) is 1. The second-order valence-corrected chi connectivity index (χ2v) is 6.72. The molecule has 0 fully saturated rings. The smallest absolute Gasteiger partial charge is 0.180 e. The zero-order chi connectivity index (χ0) is 15.1. The van der Waals surface area contributed by atoms with Gasteiger partial charge in [-0.3, -0.25) is 0 Å². The van der Waals surface area contributed by atoms with E-state index in [9.17, 15) is 13.2 Å². The van der Waals surface area contributed by atoms with Gasteiger partial charge in [-0.05, 0) is 11.6 Å². The van der Waals surface area contributed by atoms with E-state index < -0.39 is 17.5 Å². The maximum Gasteiger partial charge on any atom is 0.180 e. The summed E-state index contributed by atoms with van der Waals surface area (Å²) >= 11 is 1.24. The molecule has 0 radical (unpaired) electrons. The van der Waals surface area contributed by atoms with E-state index in [1.807, 2.05) is 20.8 Å². The molecule has 2 aromatic rings. The summed E-state index contributed by atoms with van der Waals surface area (Å²) in [5.74, 6) is -3.02. The molecule has 0 spiro atoms. The Morgan fingerprint density at radius 1 is 1.10 bits per heavy atom. The number of aromatic nitrogens is 1. The maximum absolute atomic E-state index is 13.7. The highest BCUT2D eigenvalue weighted by atomic mass is 32.1. The van der Waals surface area contributed by atoms with E-state index in [0.29, 0.717) is 11.2 Å². The molecule has 1 aromatic heterocycles. The summed E-state index contributed by atoms with van der Waals surface area (Å²) in [6, 6.07) is 1.44. The highest BCUT2D eigenvalue weighted by Gasteiger charge is 2.23.